The smallest absolute Gasteiger partial charge is 0.197 e. The molecule has 0 saturated carbocycles. The first kappa shape index (κ1) is 18.5. The number of aryl methyl sites for hydroxylation is 1. The Balaban J connectivity index is 2.23. The molecule has 0 fully saturated rings. The van der Waals surface area contributed by atoms with Gasteiger partial charge in [0.25, 0.3) is 0 Å². The van der Waals surface area contributed by atoms with Crippen LogP contribution in [0.1, 0.15) is 28.6 Å². The van der Waals surface area contributed by atoms with Crippen LogP contribution in [-0.4, -0.2) is 18.0 Å². The van der Waals surface area contributed by atoms with Crippen molar-refractivity contribution in [3.8, 4) is 11.5 Å². The summed E-state index contributed by atoms with van der Waals surface area (Å²) < 4.78 is 12.8. The third-order valence-electron chi connectivity index (χ3n) is 3.86. The fourth-order valence-corrected chi connectivity index (χ4v) is 4.34. The molecule has 0 saturated heterocycles. The quantitative estimate of drug-likeness (QED) is 0.405. The number of rotatable bonds is 4. The molecular weight excluding hydrogens is 520 g/mol. The number of carbonyl (C=O) groups excluding carboxylic acids is 1. The van der Waals surface area contributed by atoms with E-state index < -0.39 is 0 Å². The van der Waals surface area contributed by atoms with Gasteiger partial charge in [0.05, 0.1) is 26.1 Å². The molecule has 1 N–H and O–H groups in total. The summed E-state index contributed by atoms with van der Waals surface area (Å²) in [5, 5.41) is 10.6. The van der Waals surface area contributed by atoms with Gasteiger partial charge in [-0.25, -0.2) is 0 Å². The normalized spacial score (nSPS) is 11.1. The highest BCUT2D eigenvalue weighted by Crippen LogP contribution is 2.38. The lowest BCUT2D eigenvalue weighted by atomic mass is 9.99. The summed E-state index contributed by atoms with van der Waals surface area (Å²) in [7, 11) is 1.58. The average Bonchev–Trinajstić information content (AvgIpc) is 2.94. The molecule has 0 aliphatic rings. The number of methoxy groups -OCH3 is 1. The molecule has 130 valence electrons. The first-order chi connectivity index (χ1) is 11.9. The average molecular weight is 533 g/mol. The Hall–Kier alpha value is -1.31. The van der Waals surface area contributed by atoms with Crippen molar-refractivity contribution in [2.75, 3.05) is 7.11 Å². The Kier molecular flexibility index (Phi) is 5.27. The van der Waals surface area contributed by atoms with Crippen LogP contribution < -0.4 is 4.74 Å². The second-order valence-corrected chi connectivity index (χ2v) is 7.92. The molecule has 4 nitrogen and oxygen atoms in total. The first-order valence-corrected chi connectivity index (χ1v) is 9.76. The summed E-state index contributed by atoms with van der Waals surface area (Å²) in [6, 6.07) is 6.78. The van der Waals surface area contributed by atoms with Crippen molar-refractivity contribution in [3.63, 3.8) is 0 Å². The van der Waals surface area contributed by atoms with Gasteiger partial charge in [0, 0.05) is 23.4 Å². The molecule has 0 spiro atoms. The van der Waals surface area contributed by atoms with E-state index in [0.29, 0.717) is 43.6 Å². The molecule has 0 aliphatic heterocycles. The molecule has 25 heavy (non-hydrogen) atoms. The highest BCUT2D eigenvalue weighted by Gasteiger charge is 2.23. The van der Waals surface area contributed by atoms with Gasteiger partial charge in [-0.1, -0.05) is 6.92 Å². The van der Waals surface area contributed by atoms with E-state index in [1.807, 2.05) is 13.0 Å². The van der Waals surface area contributed by atoms with Crippen molar-refractivity contribution in [2.45, 2.75) is 13.3 Å². The van der Waals surface area contributed by atoms with Gasteiger partial charge in [0.1, 0.15) is 22.8 Å². The molecule has 3 rings (SSSR count). The topological polar surface area (TPSA) is 59.7 Å². The summed E-state index contributed by atoms with van der Waals surface area (Å²) in [5.74, 6) is 1.13. The minimum absolute atomic E-state index is 0.0526. The summed E-state index contributed by atoms with van der Waals surface area (Å²) >= 11 is 9.98. The predicted molar refractivity (Wildman–Crippen MR) is 107 cm³/mol. The van der Waals surface area contributed by atoms with Crippen molar-refractivity contribution >= 4 is 64.5 Å². The Bertz CT molecular complexity index is 969. The van der Waals surface area contributed by atoms with E-state index in [9.17, 15) is 9.90 Å². The number of aromatic hydroxyl groups is 1. The van der Waals surface area contributed by atoms with Gasteiger partial charge in [0.15, 0.2) is 5.78 Å². The molecule has 2 aromatic carbocycles. The van der Waals surface area contributed by atoms with Crippen molar-refractivity contribution in [1.82, 2.24) is 0 Å². The first-order valence-electron chi connectivity index (χ1n) is 7.39. The summed E-state index contributed by atoms with van der Waals surface area (Å²) in [4.78, 5) is 13.2. The van der Waals surface area contributed by atoms with Crippen LogP contribution in [0.25, 0.3) is 11.0 Å². The Morgan fingerprint density at radius 1 is 1.12 bits per heavy atom. The number of phenols is 1. The van der Waals surface area contributed by atoms with Gasteiger partial charge >= 0.3 is 0 Å². The van der Waals surface area contributed by atoms with Crippen molar-refractivity contribution < 1.29 is 19.1 Å². The van der Waals surface area contributed by atoms with Crippen LogP contribution in [-0.2, 0) is 6.42 Å². The van der Waals surface area contributed by atoms with Gasteiger partial charge in [-0.05, 0) is 66.0 Å². The maximum absolute atomic E-state index is 13.2. The number of phenolic OH excluding ortho intramolecular Hbond substituents is 1. The number of furan rings is 1. The standard InChI is InChI=1S/C18H13Br3O4/c1-3-13-16(9-6-10(19)15(24-2)7-14(9)25-13)17(22)8-4-11(20)18(23)12(21)5-8/h4-7,23H,3H2,1-2H3. The maximum Gasteiger partial charge on any atom is 0.197 e. The summed E-state index contributed by atoms with van der Waals surface area (Å²) in [6.07, 6.45) is 0.579. The summed E-state index contributed by atoms with van der Waals surface area (Å²) in [5.41, 5.74) is 1.56. The monoisotopic (exact) mass is 530 g/mol. The van der Waals surface area contributed by atoms with E-state index in [2.05, 4.69) is 47.8 Å². The molecule has 0 atom stereocenters. The van der Waals surface area contributed by atoms with E-state index >= 15 is 0 Å². The fraction of sp³-hybridized carbons (Fsp3) is 0.167. The van der Waals surface area contributed by atoms with Gasteiger partial charge in [-0.3, -0.25) is 4.79 Å². The second kappa shape index (κ2) is 7.13. The summed E-state index contributed by atoms with van der Waals surface area (Å²) in [6.45, 7) is 1.93. The van der Waals surface area contributed by atoms with Crippen molar-refractivity contribution in [3.05, 3.63) is 54.6 Å². The third-order valence-corrected chi connectivity index (χ3v) is 5.69. The number of ether oxygens (including phenoxy) is 1. The number of halogens is 3. The van der Waals surface area contributed by atoms with Gasteiger partial charge in [-0.15, -0.1) is 0 Å². The third kappa shape index (κ3) is 3.25. The zero-order valence-electron chi connectivity index (χ0n) is 13.3. The number of hydrogen-bond donors (Lipinski definition) is 1. The second-order valence-electron chi connectivity index (χ2n) is 5.35. The molecule has 1 heterocycles. The number of benzene rings is 2. The molecule has 0 bridgehead atoms. The number of fused-ring (bicyclic) bond motifs is 1. The Morgan fingerprint density at radius 3 is 2.32 bits per heavy atom. The lowest BCUT2D eigenvalue weighted by Crippen LogP contribution is -2.04. The Morgan fingerprint density at radius 2 is 1.76 bits per heavy atom. The van der Waals surface area contributed by atoms with E-state index in [-0.39, 0.29) is 11.5 Å². The molecule has 0 radical (unpaired) electrons. The molecule has 0 aliphatic carbocycles. The molecule has 0 amide bonds. The lowest BCUT2D eigenvalue weighted by Gasteiger charge is -2.06. The molecular formula is C18H13Br3O4. The lowest BCUT2D eigenvalue weighted by molar-refractivity contribution is 0.103. The highest BCUT2D eigenvalue weighted by atomic mass is 79.9. The van der Waals surface area contributed by atoms with Crippen LogP contribution in [0.2, 0.25) is 0 Å². The van der Waals surface area contributed by atoms with E-state index in [1.165, 1.54) is 0 Å². The van der Waals surface area contributed by atoms with E-state index in [1.54, 1.807) is 25.3 Å². The Labute approximate surface area is 169 Å². The number of ketones is 1. The van der Waals surface area contributed by atoms with Crippen LogP contribution in [0.5, 0.6) is 11.5 Å². The van der Waals surface area contributed by atoms with Crippen LogP contribution in [0.15, 0.2) is 42.1 Å². The highest BCUT2D eigenvalue weighted by molar-refractivity contribution is 9.11. The van der Waals surface area contributed by atoms with Crippen molar-refractivity contribution in [1.29, 1.82) is 0 Å². The van der Waals surface area contributed by atoms with Crippen molar-refractivity contribution in [2.24, 2.45) is 0 Å². The minimum atomic E-state index is -0.172. The number of carbonyl (C=O) groups is 1. The maximum atomic E-state index is 13.2. The number of hydrogen-bond acceptors (Lipinski definition) is 4. The molecule has 7 heteroatoms. The fourth-order valence-electron chi connectivity index (χ4n) is 2.64. The van der Waals surface area contributed by atoms with Gasteiger partial charge in [-0.2, -0.15) is 0 Å². The van der Waals surface area contributed by atoms with Crippen LogP contribution in [0.4, 0.5) is 0 Å². The zero-order valence-corrected chi connectivity index (χ0v) is 18.1. The predicted octanol–water partition coefficient (Wildman–Crippen LogP) is 6.23. The largest absolute Gasteiger partial charge is 0.506 e. The van der Waals surface area contributed by atoms with Crippen LogP contribution >= 0.6 is 47.8 Å². The van der Waals surface area contributed by atoms with Crippen LogP contribution in [0.3, 0.4) is 0 Å². The van der Waals surface area contributed by atoms with E-state index in [0.717, 1.165) is 9.86 Å². The minimum Gasteiger partial charge on any atom is -0.506 e. The van der Waals surface area contributed by atoms with Crippen LogP contribution in [0, 0.1) is 0 Å². The zero-order chi connectivity index (χ0) is 18.3. The van der Waals surface area contributed by atoms with E-state index in [4.69, 9.17) is 9.15 Å². The molecule has 1 aromatic heterocycles. The van der Waals surface area contributed by atoms with Gasteiger partial charge < -0.3 is 14.3 Å². The molecule has 0 unspecified atom stereocenters. The van der Waals surface area contributed by atoms with Gasteiger partial charge in [0.2, 0.25) is 0 Å². The molecule has 3 aromatic rings. The SMILES string of the molecule is CCc1oc2cc(OC)c(Br)cc2c1C(=O)c1cc(Br)c(O)c(Br)c1.